The summed E-state index contributed by atoms with van der Waals surface area (Å²) in [6.07, 6.45) is 0.811. The van der Waals surface area contributed by atoms with Crippen molar-refractivity contribution in [3.63, 3.8) is 0 Å². The van der Waals surface area contributed by atoms with Gasteiger partial charge in [-0.1, -0.05) is 30.4 Å². The van der Waals surface area contributed by atoms with Crippen molar-refractivity contribution in [1.29, 1.82) is 0 Å². The van der Waals surface area contributed by atoms with Crippen LogP contribution in [0, 0.1) is 5.82 Å². The molecule has 1 saturated heterocycles. The number of benzene rings is 1. The molecule has 0 atom stereocenters. The van der Waals surface area contributed by atoms with Crippen molar-refractivity contribution in [3.8, 4) is 0 Å². The highest BCUT2D eigenvalue weighted by Gasteiger charge is 2.21. The van der Waals surface area contributed by atoms with Crippen molar-refractivity contribution in [1.82, 2.24) is 15.1 Å². The fraction of sp³-hybridized carbons (Fsp3) is 0.438. The number of hydrogen-bond donors (Lipinski definition) is 1. The maximum atomic E-state index is 13.8. The van der Waals surface area contributed by atoms with Crippen LogP contribution in [-0.2, 0) is 11.2 Å². The molecule has 1 fully saturated rings. The first-order valence-corrected chi connectivity index (χ1v) is 8.81. The molecular formula is C16H20ClFN5OS-. The molecule has 3 rings (SSSR count). The first kappa shape index (κ1) is 19.6. The molecule has 2 aromatic rings. The lowest BCUT2D eigenvalue weighted by atomic mass is 10.2. The summed E-state index contributed by atoms with van der Waals surface area (Å²) in [5.74, 6) is -0.292. The summed E-state index contributed by atoms with van der Waals surface area (Å²) in [6, 6.07) is 6.79. The highest BCUT2D eigenvalue weighted by Crippen LogP contribution is 2.20. The highest BCUT2D eigenvalue weighted by atomic mass is 35.5. The van der Waals surface area contributed by atoms with Crippen LogP contribution in [0.25, 0.3) is 0 Å². The molecule has 1 aliphatic rings. The minimum atomic E-state index is -0.202. The zero-order chi connectivity index (χ0) is 16.9. The number of nitrogens with one attached hydrogen (secondary N) is 1. The smallest absolute Gasteiger partial charge is 0.240 e. The van der Waals surface area contributed by atoms with Crippen LogP contribution in [0.5, 0.6) is 0 Å². The Bertz CT molecular complexity index is 705. The molecule has 1 amide bonds. The number of amides is 1. The van der Waals surface area contributed by atoms with Crippen molar-refractivity contribution in [2.45, 2.75) is 13.3 Å². The van der Waals surface area contributed by atoms with Gasteiger partial charge in [0.15, 0.2) is 0 Å². The van der Waals surface area contributed by atoms with Gasteiger partial charge in [-0.2, -0.15) is 0 Å². The first-order valence-electron chi connectivity index (χ1n) is 7.99. The summed E-state index contributed by atoms with van der Waals surface area (Å²) in [5, 5.41) is 12.2. The number of carbonyl (C=O) groups is 1. The van der Waals surface area contributed by atoms with Crippen LogP contribution in [0.4, 0.5) is 15.2 Å². The fourth-order valence-corrected chi connectivity index (χ4v) is 3.36. The second-order valence-electron chi connectivity index (χ2n) is 5.62. The highest BCUT2D eigenvalue weighted by molar-refractivity contribution is 7.15. The van der Waals surface area contributed by atoms with Crippen LogP contribution < -0.4 is 22.6 Å². The number of aryl methyl sites for hydroxylation is 1. The van der Waals surface area contributed by atoms with Crippen molar-refractivity contribution in [2.24, 2.45) is 0 Å². The number of aromatic nitrogens is 2. The van der Waals surface area contributed by atoms with Crippen LogP contribution in [0.15, 0.2) is 24.3 Å². The van der Waals surface area contributed by atoms with Gasteiger partial charge >= 0.3 is 0 Å². The lowest BCUT2D eigenvalue weighted by Crippen LogP contribution is -3.00. The van der Waals surface area contributed by atoms with Crippen LogP contribution in [-0.4, -0.2) is 53.7 Å². The van der Waals surface area contributed by atoms with Gasteiger partial charge in [0.2, 0.25) is 11.0 Å². The molecule has 1 aliphatic heterocycles. The lowest BCUT2D eigenvalue weighted by molar-refractivity contribution is -0.117. The number of hydrogen-bond acceptors (Lipinski definition) is 6. The van der Waals surface area contributed by atoms with Crippen molar-refractivity contribution < 1.29 is 21.6 Å². The zero-order valence-electron chi connectivity index (χ0n) is 13.9. The second kappa shape index (κ2) is 9.07. The lowest BCUT2D eigenvalue weighted by Gasteiger charge is -2.35. The van der Waals surface area contributed by atoms with Gasteiger partial charge in [-0.05, 0) is 18.6 Å². The Morgan fingerprint density at radius 2 is 1.96 bits per heavy atom. The molecule has 0 aliphatic carbocycles. The third-order valence-electron chi connectivity index (χ3n) is 3.95. The van der Waals surface area contributed by atoms with Crippen LogP contribution in [0.3, 0.4) is 0 Å². The molecule has 25 heavy (non-hydrogen) atoms. The second-order valence-corrected chi connectivity index (χ2v) is 6.68. The number of anilines is 2. The van der Waals surface area contributed by atoms with Crippen LogP contribution in [0.2, 0.25) is 0 Å². The van der Waals surface area contributed by atoms with E-state index in [1.54, 1.807) is 12.1 Å². The van der Waals surface area contributed by atoms with Gasteiger partial charge in [0, 0.05) is 26.2 Å². The van der Waals surface area contributed by atoms with E-state index in [0.717, 1.165) is 24.5 Å². The van der Waals surface area contributed by atoms with Gasteiger partial charge in [0.05, 0.1) is 12.2 Å². The molecule has 6 nitrogen and oxygen atoms in total. The number of carbonyl (C=O) groups excluding carboxylic acids is 1. The van der Waals surface area contributed by atoms with E-state index < -0.39 is 0 Å². The topological polar surface area (TPSA) is 61.4 Å². The molecular weight excluding hydrogens is 365 g/mol. The maximum Gasteiger partial charge on any atom is 0.240 e. The van der Waals surface area contributed by atoms with Gasteiger partial charge in [-0.3, -0.25) is 15.0 Å². The average Bonchev–Trinajstić information content (AvgIpc) is 3.03. The zero-order valence-corrected chi connectivity index (χ0v) is 15.5. The minimum Gasteiger partial charge on any atom is -1.00 e. The molecule has 136 valence electrons. The van der Waals surface area contributed by atoms with Gasteiger partial charge in [-0.15, -0.1) is 10.2 Å². The summed E-state index contributed by atoms with van der Waals surface area (Å²) in [5.41, 5.74) is 0.627. The van der Waals surface area contributed by atoms with Gasteiger partial charge < -0.3 is 17.3 Å². The Labute approximate surface area is 156 Å². The summed E-state index contributed by atoms with van der Waals surface area (Å²) >= 11 is 1.40. The molecule has 2 heterocycles. The van der Waals surface area contributed by atoms with Gasteiger partial charge in [-0.25, -0.2) is 4.39 Å². The number of piperazine rings is 1. The third-order valence-corrected chi connectivity index (χ3v) is 4.93. The molecule has 1 N–H and O–H groups in total. The SMILES string of the molecule is CCc1nnc(NC(=O)CN2CCN(c3ccccc3F)CC2)s1.[Cl-]. The molecule has 0 radical (unpaired) electrons. The van der Waals surface area contributed by atoms with Crippen molar-refractivity contribution in [3.05, 3.63) is 35.1 Å². The van der Waals surface area contributed by atoms with E-state index in [-0.39, 0.29) is 24.1 Å². The van der Waals surface area contributed by atoms with Crippen LogP contribution in [0.1, 0.15) is 11.9 Å². The molecule has 9 heteroatoms. The molecule has 0 unspecified atom stereocenters. The van der Waals surface area contributed by atoms with E-state index in [9.17, 15) is 9.18 Å². The summed E-state index contributed by atoms with van der Waals surface area (Å²) in [6.45, 7) is 5.16. The van der Waals surface area contributed by atoms with E-state index >= 15 is 0 Å². The Balaban J connectivity index is 0.00000225. The van der Waals surface area contributed by atoms with E-state index in [2.05, 4.69) is 20.4 Å². The first-order chi connectivity index (χ1) is 11.7. The maximum absolute atomic E-state index is 13.8. The normalized spacial score (nSPS) is 14.9. The predicted octanol–water partition coefficient (Wildman–Crippen LogP) is -0.996. The summed E-state index contributed by atoms with van der Waals surface area (Å²) in [4.78, 5) is 16.2. The van der Waals surface area contributed by atoms with E-state index in [0.29, 0.717) is 30.5 Å². The van der Waals surface area contributed by atoms with Gasteiger partial charge in [0.1, 0.15) is 10.8 Å². The molecule has 0 bridgehead atoms. The summed E-state index contributed by atoms with van der Waals surface area (Å²) in [7, 11) is 0. The van der Waals surface area contributed by atoms with E-state index in [1.165, 1.54) is 17.4 Å². The number of para-hydroxylation sites is 1. The number of halogens is 2. The Morgan fingerprint density at radius 3 is 2.60 bits per heavy atom. The molecule has 1 aromatic carbocycles. The number of nitrogens with zero attached hydrogens (tertiary/aromatic N) is 4. The fourth-order valence-electron chi connectivity index (χ4n) is 2.66. The minimum absolute atomic E-state index is 0. The Morgan fingerprint density at radius 1 is 1.24 bits per heavy atom. The monoisotopic (exact) mass is 384 g/mol. The van der Waals surface area contributed by atoms with E-state index in [1.807, 2.05) is 17.9 Å². The summed E-state index contributed by atoms with van der Waals surface area (Å²) < 4.78 is 13.8. The largest absolute Gasteiger partial charge is 1.00 e. The molecule has 1 aromatic heterocycles. The van der Waals surface area contributed by atoms with E-state index in [4.69, 9.17) is 0 Å². The quantitative estimate of drug-likeness (QED) is 0.717. The predicted molar refractivity (Wildman–Crippen MR) is 93.0 cm³/mol. The standard InChI is InChI=1S/C16H20FN5OS.ClH/c1-2-15-19-20-16(24-15)18-14(23)11-21-7-9-22(10-8-21)13-6-4-3-5-12(13)17;/h3-6H,2,7-11H2,1H3,(H,18,20,23);1H/p-1. The van der Waals surface area contributed by atoms with Crippen molar-refractivity contribution >= 4 is 28.1 Å². The Kier molecular flexibility index (Phi) is 7.10. The third kappa shape index (κ3) is 5.10. The molecule has 0 spiro atoms. The molecule has 0 saturated carbocycles. The van der Waals surface area contributed by atoms with Gasteiger partial charge in [0.25, 0.3) is 0 Å². The van der Waals surface area contributed by atoms with Crippen LogP contribution >= 0.6 is 11.3 Å². The Hall–Kier alpha value is -1.77. The average molecular weight is 385 g/mol. The number of rotatable bonds is 5. The van der Waals surface area contributed by atoms with Crippen molar-refractivity contribution in [2.75, 3.05) is 42.9 Å².